The predicted octanol–water partition coefficient (Wildman–Crippen LogP) is 3.39. The summed E-state index contributed by atoms with van der Waals surface area (Å²) in [6.45, 7) is 6.46. The number of halogens is 2. The van der Waals surface area contributed by atoms with Crippen LogP contribution >= 0.6 is 23.4 Å². The summed E-state index contributed by atoms with van der Waals surface area (Å²) in [6, 6.07) is 4.94. The number of benzene rings is 1. The molecule has 0 heterocycles. The van der Waals surface area contributed by atoms with Gasteiger partial charge in [0.25, 0.3) is 0 Å². The second-order valence-electron chi connectivity index (χ2n) is 5.20. The average Bonchev–Trinajstić information content (AvgIpc) is 2.28. The van der Waals surface area contributed by atoms with E-state index in [0.717, 1.165) is 11.3 Å². The highest BCUT2D eigenvalue weighted by molar-refractivity contribution is 8.00. The normalized spacial score (nSPS) is 13.7. The molecule has 1 aromatic carbocycles. The van der Waals surface area contributed by atoms with Crippen molar-refractivity contribution < 1.29 is 4.39 Å². The van der Waals surface area contributed by atoms with Crippen molar-refractivity contribution in [3.63, 3.8) is 0 Å². The first-order valence-corrected chi connectivity index (χ1v) is 7.23. The van der Waals surface area contributed by atoms with Crippen molar-refractivity contribution in [2.45, 2.75) is 38.0 Å². The van der Waals surface area contributed by atoms with Gasteiger partial charge in [0.15, 0.2) is 0 Å². The van der Waals surface area contributed by atoms with E-state index in [2.05, 4.69) is 26.2 Å². The second-order valence-corrected chi connectivity index (χ2v) is 7.43. The molecule has 0 aliphatic rings. The van der Waals surface area contributed by atoms with Crippen LogP contribution in [0.25, 0.3) is 0 Å². The summed E-state index contributed by atoms with van der Waals surface area (Å²) in [5.41, 5.74) is 3.55. The largest absolute Gasteiger partial charge is 0.271 e. The molecule has 0 bridgehead atoms. The lowest BCUT2D eigenvalue weighted by Gasteiger charge is -2.22. The van der Waals surface area contributed by atoms with Gasteiger partial charge in [-0.2, -0.15) is 11.8 Å². The topological polar surface area (TPSA) is 38.0 Å². The van der Waals surface area contributed by atoms with Crippen molar-refractivity contribution in [2.75, 3.05) is 5.75 Å². The Morgan fingerprint density at radius 2 is 2.11 bits per heavy atom. The molecule has 5 heteroatoms. The van der Waals surface area contributed by atoms with Crippen molar-refractivity contribution in [2.24, 2.45) is 5.84 Å². The first-order chi connectivity index (χ1) is 8.33. The average molecular weight is 291 g/mol. The zero-order valence-electron chi connectivity index (χ0n) is 11.0. The molecule has 3 N–H and O–H groups in total. The van der Waals surface area contributed by atoms with E-state index in [4.69, 9.17) is 17.4 Å². The molecule has 0 saturated heterocycles. The van der Waals surface area contributed by atoms with E-state index in [9.17, 15) is 4.39 Å². The third-order valence-electron chi connectivity index (χ3n) is 2.45. The lowest BCUT2D eigenvalue weighted by atomic mass is 10.1. The maximum Gasteiger partial charge on any atom is 0.142 e. The fraction of sp³-hybridized carbons (Fsp3) is 0.538. The van der Waals surface area contributed by atoms with Crippen molar-refractivity contribution >= 4 is 23.4 Å². The van der Waals surface area contributed by atoms with E-state index < -0.39 is 0 Å². The SMILES string of the molecule is CC(C)(C)SCC(Cc1cccc(F)c1Cl)NN. The molecule has 1 unspecified atom stereocenters. The molecule has 18 heavy (non-hydrogen) atoms. The van der Waals surface area contributed by atoms with E-state index in [1.165, 1.54) is 6.07 Å². The Hall–Kier alpha value is -0.290. The zero-order valence-corrected chi connectivity index (χ0v) is 12.5. The third kappa shape index (κ3) is 5.14. The fourth-order valence-electron chi connectivity index (χ4n) is 1.49. The summed E-state index contributed by atoms with van der Waals surface area (Å²) in [5, 5.41) is 0.193. The Morgan fingerprint density at radius 1 is 1.44 bits per heavy atom. The number of rotatable bonds is 5. The van der Waals surface area contributed by atoms with Crippen LogP contribution in [0.5, 0.6) is 0 Å². The minimum atomic E-state index is -0.381. The Bertz CT molecular complexity index is 393. The summed E-state index contributed by atoms with van der Waals surface area (Å²) >= 11 is 7.75. The molecule has 2 nitrogen and oxygen atoms in total. The van der Waals surface area contributed by atoms with Crippen LogP contribution in [-0.4, -0.2) is 16.5 Å². The van der Waals surface area contributed by atoms with Crippen LogP contribution < -0.4 is 11.3 Å². The van der Waals surface area contributed by atoms with Gasteiger partial charge < -0.3 is 0 Å². The molecule has 0 aliphatic carbocycles. The molecular formula is C13H20ClFN2S. The number of thioether (sulfide) groups is 1. The Kier molecular flexibility index (Phi) is 5.92. The molecule has 1 atom stereocenters. The lowest BCUT2D eigenvalue weighted by molar-refractivity contribution is 0.568. The van der Waals surface area contributed by atoms with Crippen molar-refractivity contribution in [1.29, 1.82) is 0 Å². The minimum Gasteiger partial charge on any atom is -0.271 e. The predicted molar refractivity (Wildman–Crippen MR) is 78.4 cm³/mol. The summed E-state index contributed by atoms with van der Waals surface area (Å²) < 4.78 is 13.5. The maximum absolute atomic E-state index is 13.3. The van der Waals surface area contributed by atoms with Gasteiger partial charge in [0, 0.05) is 16.5 Å². The maximum atomic E-state index is 13.3. The van der Waals surface area contributed by atoms with E-state index in [1.54, 1.807) is 6.07 Å². The Balaban J connectivity index is 2.65. The quantitative estimate of drug-likeness (QED) is 0.645. The molecule has 1 aromatic rings. The summed E-state index contributed by atoms with van der Waals surface area (Å²) in [6.07, 6.45) is 0.621. The third-order valence-corrected chi connectivity index (χ3v) is 4.31. The van der Waals surface area contributed by atoms with Gasteiger partial charge in [-0.3, -0.25) is 11.3 Å². The van der Waals surface area contributed by atoms with Crippen LogP contribution in [0.15, 0.2) is 18.2 Å². The Labute approximate surface area is 117 Å². The van der Waals surface area contributed by atoms with Gasteiger partial charge in [-0.25, -0.2) is 4.39 Å². The van der Waals surface area contributed by atoms with Gasteiger partial charge in [0.05, 0.1) is 5.02 Å². The van der Waals surface area contributed by atoms with Crippen LogP contribution in [0.3, 0.4) is 0 Å². The van der Waals surface area contributed by atoms with Gasteiger partial charge >= 0.3 is 0 Å². The molecule has 0 fully saturated rings. The number of hydrogen-bond donors (Lipinski definition) is 2. The number of nitrogens with two attached hydrogens (primary N) is 1. The molecule has 0 aromatic heterocycles. The molecule has 0 amide bonds. The van der Waals surface area contributed by atoms with Gasteiger partial charge in [-0.15, -0.1) is 0 Å². The standard InChI is InChI=1S/C13H20ClFN2S/c1-13(2,3)18-8-10(17-16)7-9-5-4-6-11(15)12(9)14/h4-6,10,17H,7-8,16H2,1-3H3. The molecule has 0 saturated carbocycles. The van der Waals surface area contributed by atoms with E-state index in [1.807, 2.05) is 17.8 Å². The van der Waals surface area contributed by atoms with Crippen LogP contribution in [0, 0.1) is 5.82 Å². The monoisotopic (exact) mass is 290 g/mol. The lowest BCUT2D eigenvalue weighted by Crippen LogP contribution is -2.39. The van der Waals surface area contributed by atoms with E-state index >= 15 is 0 Å². The van der Waals surface area contributed by atoms with Crippen LogP contribution in [0.4, 0.5) is 4.39 Å². The van der Waals surface area contributed by atoms with E-state index in [-0.39, 0.29) is 21.6 Å². The summed E-state index contributed by atoms with van der Waals surface area (Å²) in [5.74, 6) is 6.01. The number of hydrazine groups is 1. The molecule has 0 spiro atoms. The van der Waals surface area contributed by atoms with Crippen LogP contribution in [-0.2, 0) is 6.42 Å². The zero-order chi connectivity index (χ0) is 13.8. The minimum absolute atomic E-state index is 0.0773. The molecule has 0 radical (unpaired) electrons. The second kappa shape index (κ2) is 6.75. The molecule has 0 aliphatic heterocycles. The smallest absolute Gasteiger partial charge is 0.142 e. The first kappa shape index (κ1) is 15.8. The van der Waals surface area contributed by atoms with Gasteiger partial charge in [-0.05, 0) is 18.1 Å². The van der Waals surface area contributed by atoms with Crippen LogP contribution in [0.1, 0.15) is 26.3 Å². The fourth-order valence-corrected chi connectivity index (χ4v) is 2.61. The summed E-state index contributed by atoms with van der Waals surface area (Å²) in [4.78, 5) is 0. The molecule has 1 rings (SSSR count). The molecular weight excluding hydrogens is 271 g/mol. The highest BCUT2D eigenvalue weighted by Gasteiger charge is 2.17. The number of nitrogens with one attached hydrogen (secondary N) is 1. The molecule has 102 valence electrons. The highest BCUT2D eigenvalue weighted by Crippen LogP contribution is 2.26. The summed E-state index contributed by atoms with van der Waals surface area (Å²) in [7, 11) is 0. The van der Waals surface area contributed by atoms with Crippen molar-refractivity contribution in [3.8, 4) is 0 Å². The van der Waals surface area contributed by atoms with Crippen molar-refractivity contribution in [1.82, 2.24) is 5.43 Å². The Morgan fingerprint density at radius 3 is 2.67 bits per heavy atom. The van der Waals surface area contributed by atoms with Crippen LogP contribution in [0.2, 0.25) is 5.02 Å². The van der Waals surface area contributed by atoms with Gasteiger partial charge in [0.1, 0.15) is 5.82 Å². The van der Waals surface area contributed by atoms with Gasteiger partial charge in [0.2, 0.25) is 0 Å². The van der Waals surface area contributed by atoms with Crippen molar-refractivity contribution in [3.05, 3.63) is 34.6 Å². The van der Waals surface area contributed by atoms with Gasteiger partial charge in [-0.1, -0.05) is 44.5 Å². The van der Waals surface area contributed by atoms with E-state index in [0.29, 0.717) is 6.42 Å². The first-order valence-electron chi connectivity index (χ1n) is 5.86. The highest BCUT2D eigenvalue weighted by atomic mass is 35.5. The number of hydrogen-bond acceptors (Lipinski definition) is 3.